The van der Waals surface area contributed by atoms with Crippen LogP contribution in [0.25, 0.3) is 0 Å². The molecule has 1 aliphatic rings. The first-order valence-electron chi connectivity index (χ1n) is 8.73. The zero-order valence-electron chi connectivity index (χ0n) is 15.6. The topological polar surface area (TPSA) is 72.9 Å². The number of esters is 2. The Morgan fingerprint density at radius 1 is 1.00 bits per heavy atom. The van der Waals surface area contributed by atoms with E-state index in [1.807, 2.05) is 12.1 Å². The minimum Gasteiger partial charge on any atom is -0.464 e. The van der Waals surface area contributed by atoms with E-state index in [2.05, 4.69) is 31.9 Å². The molecule has 8 heteroatoms. The van der Waals surface area contributed by atoms with Gasteiger partial charge in [0, 0.05) is 30.5 Å². The van der Waals surface area contributed by atoms with Gasteiger partial charge in [-0.3, -0.25) is 4.79 Å². The number of fused-ring (bicyclic) bond motifs is 1. The molecule has 1 amide bonds. The summed E-state index contributed by atoms with van der Waals surface area (Å²) in [6.07, 6.45) is 0.0299. The third-order valence-electron chi connectivity index (χ3n) is 4.65. The van der Waals surface area contributed by atoms with E-state index < -0.39 is 17.5 Å². The smallest absolute Gasteiger partial charge is 0.344 e. The molecule has 0 spiro atoms. The number of hydrogen-bond acceptors (Lipinski definition) is 5. The lowest BCUT2D eigenvalue weighted by Gasteiger charge is -2.43. The normalized spacial score (nSPS) is 15.1. The van der Waals surface area contributed by atoms with E-state index in [4.69, 9.17) is 9.47 Å². The molecule has 0 atom stereocenters. The van der Waals surface area contributed by atoms with E-state index >= 15 is 0 Å². The van der Waals surface area contributed by atoms with Crippen molar-refractivity contribution in [2.75, 3.05) is 13.2 Å². The molecule has 1 aliphatic heterocycles. The maximum Gasteiger partial charge on any atom is 0.344 e. The van der Waals surface area contributed by atoms with Gasteiger partial charge in [0.1, 0.15) is 0 Å². The zero-order valence-corrected chi connectivity index (χ0v) is 18.8. The van der Waals surface area contributed by atoms with E-state index in [-0.39, 0.29) is 32.1 Å². The molecule has 0 aliphatic carbocycles. The van der Waals surface area contributed by atoms with Crippen molar-refractivity contribution in [1.82, 2.24) is 4.90 Å². The molecule has 1 aromatic carbocycles. The predicted octanol–water partition coefficient (Wildman–Crippen LogP) is 3.25. The second-order valence-electron chi connectivity index (χ2n) is 6.24. The number of halogens is 2. The van der Waals surface area contributed by atoms with Crippen molar-refractivity contribution in [3.63, 3.8) is 0 Å². The van der Waals surface area contributed by atoms with Gasteiger partial charge in [-0.25, -0.2) is 9.59 Å². The van der Waals surface area contributed by atoms with Crippen LogP contribution in [0.2, 0.25) is 0 Å². The Morgan fingerprint density at radius 2 is 1.48 bits per heavy atom. The standard InChI is InChI=1S/C19H23Br2NO5/c1-4-26-17(24)19(18(25)27-5-2)8-13-6-14(9-20)15(10-21)7-16(13)11-22(19)12(3)23/h6-7H,4-5,8-11H2,1-3H3. The average Bonchev–Trinajstić information content (AvgIpc) is 2.65. The molecule has 2 rings (SSSR count). The highest BCUT2D eigenvalue weighted by atomic mass is 79.9. The van der Waals surface area contributed by atoms with Gasteiger partial charge in [0.2, 0.25) is 11.4 Å². The summed E-state index contributed by atoms with van der Waals surface area (Å²) in [5, 5.41) is 1.31. The summed E-state index contributed by atoms with van der Waals surface area (Å²) in [6.45, 7) is 5.02. The van der Waals surface area contributed by atoms with Crippen molar-refractivity contribution < 1.29 is 23.9 Å². The van der Waals surface area contributed by atoms with E-state index in [0.717, 1.165) is 22.3 Å². The van der Waals surface area contributed by atoms with E-state index in [0.29, 0.717) is 10.7 Å². The lowest BCUT2D eigenvalue weighted by atomic mass is 9.81. The molecule has 0 fully saturated rings. The first kappa shape index (κ1) is 21.9. The van der Waals surface area contributed by atoms with Gasteiger partial charge >= 0.3 is 11.9 Å². The van der Waals surface area contributed by atoms with Gasteiger partial charge in [-0.2, -0.15) is 0 Å². The number of nitrogens with zero attached hydrogens (tertiary/aromatic N) is 1. The van der Waals surface area contributed by atoms with Gasteiger partial charge in [0.25, 0.3) is 0 Å². The minimum atomic E-state index is -1.80. The second kappa shape index (κ2) is 9.19. The molecule has 0 aromatic heterocycles. The molecular weight excluding hydrogens is 482 g/mol. The van der Waals surface area contributed by atoms with Gasteiger partial charge in [-0.05, 0) is 36.1 Å². The third-order valence-corrected chi connectivity index (χ3v) is 5.86. The zero-order chi connectivity index (χ0) is 20.2. The van der Waals surface area contributed by atoms with Crippen LogP contribution in [0.5, 0.6) is 0 Å². The molecule has 1 heterocycles. The molecule has 0 unspecified atom stereocenters. The number of amides is 1. The fraction of sp³-hybridized carbons (Fsp3) is 0.526. The van der Waals surface area contributed by atoms with Gasteiger partial charge in [0.05, 0.1) is 13.2 Å². The van der Waals surface area contributed by atoms with E-state index in [1.165, 1.54) is 11.8 Å². The van der Waals surface area contributed by atoms with Crippen LogP contribution in [-0.4, -0.2) is 41.5 Å². The van der Waals surface area contributed by atoms with Crippen LogP contribution in [0.15, 0.2) is 12.1 Å². The summed E-state index contributed by atoms with van der Waals surface area (Å²) in [4.78, 5) is 39.5. The number of ether oxygens (including phenoxy) is 2. The molecule has 0 radical (unpaired) electrons. The van der Waals surface area contributed by atoms with Crippen molar-refractivity contribution in [3.05, 3.63) is 34.4 Å². The first-order valence-corrected chi connectivity index (χ1v) is 11.0. The molecule has 0 N–H and O–H groups in total. The Labute approximate surface area is 175 Å². The number of carbonyl (C=O) groups excluding carboxylic acids is 3. The van der Waals surface area contributed by atoms with Crippen LogP contribution >= 0.6 is 31.9 Å². The van der Waals surface area contributed by atoms with Crippen molar-refractivity contribution in [2.24, 2.45) is 0 Å². The Balaban J connectivity index is 2.66. The van der Waals surface area contributed by atoms with Gasteiger partial charge < -0.3 is 14.4 Å². The van der Waals surface area contributed by atoms with Crippen LogP contribution in [0.3, 0.4) is 0 Å². The van der Waals surface area contributed by atoms with Gasteiger partial charge in [-0.15, -0.1) is 0 Å². The summed E-state index contributed by atoms with van der Waals surface area (Å²) < 4.78 is 10.4. The number of carbonyl (C=O) groups is 3. The van der Waals surface area contributed by atoms with E-state index in [1.54, 1.807) is 13.8 Å². The Kier molecular flexibility index (Phi) is 7.45. The lowest BCUT2D eigenvalue weighted by Crippen LogP contribution is -2.65. The molecule has 1 aromatic rings. The van der Waals surface area contributed by atoms with Crippen molar-refractivity contribution in [3.8, 4) is 0 Å². The van der Waals surface area contributed by atoms with Crippen LogP contribution in [0, 0.1) is 0 Å². The monoisotopic (exact) mass is 503 g/mol. The van der Waals surface area contributed by atoms with Crippen molar-refractivity contribution in [1.29, 1.82) is 0 Å². The maximum atomic E-state index is 12.9. The number of benzene rings is 1. The highest BCUT2D eigenvalue weighted by molar-refractivity contribution is 9.09. The number of hydrogen-bond donors (Lipinski definition) is 0. The molecule has 6 nitrogen and oxygen atoms in total. The SMILES string of the molecule is CCOC(=O)C1(C(=O)OCC)Cc2cc(CBr)c(CBr)cc2CN1C(C)=O. The van der Waals surface area contributed by atoms with Crippen LogP contribution in [0.1, 0.15) is 43.0 Å². The summed E-state index contributed by atoms with van der Waals surface area (Å²) in [6, 6.07) is 3.99. The molecule has 148 valence electrons. The highest BCUT2D eigenvalue weighted by Gasteiger charge is 2.57. The third kappa shape index (κ3) is 4.06. The van der Waals surface area contributed by atoms with Crippen molar-refractivity contribution in [2.45, 2.75) is 49.9 Å². The molecule has 0 bridgehead atoms. The maximum absolute atomic E-state index is 12.9. The average molecular weight is 505 g/mol. The molecule has 0 saturated heterocycles. The highest BCUT2D eigenvalue weighted by Crippen LogP contribution is 2.36. The Bertz CT molecular complexity index is 732. The fourth-order valence-electron chi connectivity index (χ4n) is 3.36. The molecule has 27 heavy (non-hydrogen) atoms. The fourth-order valence-corrected chi connectivity index (χ4v) is 4.40. The van der Waals surface area contributed by atoms with Gasteiger partial charge in [-0.1, -0.05) is 44.0 Å². The van der Waals surface area contributed by atoms with E-state index in [9.17, 15) is 14.4 Å². The predicted molar refractivity (Wildman–Crippen MR) is 108 cm³/mol. The van der Waals surface area contributed by atoms with Crippen LogP contribution < -0.4 is 0 Å². The summed E-state index contributed by atoms with van der Waals surface area (Å²) >= 11 is 6.96. The molecule has 0 saturated carbocycles. The largest absolute Gasteiger partial charge is 0.464 e. The Hall–Kier alpha value is -1.41. The van der Waals surface area contributed by atoms with Crippen molar-refractivity contribution >= 4 is 49.7 Å². The summed E-state index contributed by atoms with van der Waals surface area (Å²) in [5.74, 6) is -1.89. The first-order chi connectivity index (χ1) is 12.8. The summed E-state index contributed by atoms with van der Waals surface area (Å²) in [5.41, 5.74) is 2.10. The second-order valence-corrected chi connectivity index (χ2v) is 7.36. The summed E-state index contributed by atoms with van der Waals surface area (Å²) in [7, 11) is 0. The lowest BCUT2D eigenvalue weighted by molar-refractivity contribution is -0.180. The van der Waals surface area contributed by atoms with Crippen LogP contribution in [-0.2, 0) is 47.5 Å². The quantitative estimate of drug-likeness (QED) is 0.338. The number of alkyl halides is 2. The number of rotatable bonds is 6. The Morgan fingerprint density at radius 3 is 1.89 bits per heavy atom. The minimum absolute atomic E-state index is 0.0299. The molecular formula is C19H23Br2NO5. The van der Waals surface area contributed by atoms with Crippen LogP contribution in [0.4, 0.5) is 0 Å². The van der Waals surface area contributed by atoms with Gasteiger partial charge in [0.15, 0.2) is 0 Å².